The highest BCUT2D eigenvalue weighted by molar-refractivity contribution is 5.95. The van der Waals surface area contributed by atoms with E-state index < -0.39 is 0 Å². The molecule has 4 rings (SSSR count). The predicted octanol–water partition coefficient (Wildman–Crippen LogP) is 4.34. The lowest BCUT2D eigenvalue weighted by Gasteiger charge is -2.13. The maximum absolute atomic E-state index is 13.1. The average molecular weight is 470 g/mol. The van der Waals surface area contributed by atoms with Crippen molar-refractivity contribution in [3.05, 3.63) is 101 Å². The molecule has 1 aromatic heterocycles. The third-order valence-corrected chi connectivity index (χ3v) is 5.37. The topological polar surface area (TPSA) is 111 Å². The number of anilines is 3. The number of aromatic nitrogens is 2. The normalized spacial score (nSPS) is 10.5. The minimum absolute atomic E-state index is 0.257. The van der Waals surface area contributed by atoms with Crippen LogP contribution in [0.4, 0.5) is 17.3 Å². The number of rotatable bonds is 9. The lowest BCUT2D eigenvalue weighted by atomic mass is 10.0. The first kappa shape index (κ1) is 23.6. The lowest BCUT2D eigenvalue weighted by Crippen LogP contribution is -2.25. The van der Waals surface area contributed by atoms with Gasteiger partial charge in [-0.2, -0.15) is 0 Å². The highest BCUT2D eigenvalue weighted by Crippen LogP contribution is 2.21. The molecule has 0 saturated carbocycles. The van der Waals surface area contributed by atoms with Crippen molar-refractivity contribution in [2.24, 2.45) is 0 Å². The van der Waals surface area contributed by atoms with Gasteiger partial charge in [0.25, 0.3) is 5.91 Å². The number of nitrogen functional groups attached to an aromatic ring is 1. The Labute approximate surface area is 204 Å². The average Bonchev–Trinajstić information content (AvgIpc) is 2.88. The fourth-order valence-corrected chi connectivity index (χ4v) is 3.55. The van der Waals surface area contributed by atoms with Crippen LogP contribution in [-0.2, 0) is 13.0 Å². The van der Waals surface area contributed by atoms with Crippen LogP contribution in [0.25, 0.3) is 0 Å². The van der Waals surface area contributed by atoms with Gasteiger partial charge in [0, 0.05) is 36.6 Å². The largest absolute Gasteiger partial charge is 0.497 e. The fraction of sp³-hybridized carbons (Fsp3) is 0.148. The Morgan fingerprint density at radius 3 is 2.43 bits per heavy atom. The summed E-state index contributed by atoms with van der Waals surface area (Å²) in [6.45, 7) is 0.365. The molecular weight excluding hydrogens is 442 g/mol. The fourth-order valence-electron chi connectivity index (χ4n) is 3.55. The van der Waals surface area contributed by atoms with Crippen LogP contribution >= 0.6 is 0 Å². The summed E-state index contributed by atoms with van der Waals surface area (Å²) in [7, 11) is 3.23. The van der Waals surface area contributed by atoms with Crippen molar-refractivity contribution in [3.8, 4) is 11.5 Å². The van der Waals surface area contributed by atoms with Gasteiger partial charge in [-0.3, -0.25) is 4.79 Å². The molecule has 1 amide bonds. The molecule has 1 heterocycles. The Balaban J connectivity index is 1.58. The van der Waals surface area contributed by atoms with Gasteiger partial charge >= 0.3 is 0 Å². The number of methoxy groups -OCH3 is 2. The van der Waals surface area contributed by atoms with E-state index in [0.717, 1.165) is 22.6 Å². The molecule has 0 atom stereocenters. The Kier molecular flexibility index (Phi) is 7.42. The second kappa shape index (κ2) is 11.0. The standard InChI is InChI=1S/C27H27N5O3/c1-34-22-11-9-18(10-12-22)16-29-26(33)24-17-30-27(31-21-7-4-8-23(15-21)35-2)32-25(24)14-19-5-3-6-20(28)13-19/h3-13,15,17H,14,16,28H2,1-2H3,(H,29,33)(H,30,31,32). The van der Waals surface area contributed by atoms with Gasteiger partial charge in [-0.15, -0.1) is 0 Å². The van der Waals surface area contributed by atoms with E-state index in [2.05, 4.69) is 20.6 Å². The van der Waals surface area contributed by atoms with Gasteiger partial charge in [0.2, 0.25) is 5.95 Å². The van der Waals surface area contributed by atoms with Gasteiger partial charge in [0.1, 0.15) is 11.5 Å². The van der Waals surface area contributed by atoms with E-state index in [-0.39, 0.29) is 5.91 Å². The van der Waals surface area contributed by atoms with Gasteiger partial charge in [0.05, 0.1) is 25.5 Å². The first-order valence-corrected chi connectivity index (χ1v) is 11.1. The maximum atomic E-state index is 13.1. The van der Waals surface area contributed by atoms with Crippen LogP contribution in [0.5, 0.6) is 11.5 Å². The summed E-state index contributed by atoms with van der Waals surface area (Å²) in [6, 6.07) is 22.5. The highest BCUT2D eigenvalue weighted by Gasteiger charge is 2.16. The van der Waals surface area contributed by atoms with Gasteiger partial charge in [-0.05, 0) is 47.5 Å². The van der Waals surface area contributed by atoms with Crippen LogP contribution in [-0.4, -0.2) is 30.1 Å². The van der Waals surface area contributed by atoms with Crippen LogP contribution in [0, 0.1) is 0 Å². The zero-order valence-electron chi connectivity index (χ0n) is 19.6. The van der Waals surface area contributed by atoms with Gasteiger partial charge in [-0.1, -0.05) is 30.3 Å². The van der Waals surface area contributed by atoms with Crippen LogP contribution in [0.2, 0.25) is 0 Å². The number of carbonyl (C=O) groups is 1. The molecule has 0 bridgehead atoms. The van der Waals surface area contributed by atoms with Crippen LogP contribution < -0.4 is 25.8 Å². The molecule has 0 fully saturated rings. The number of amides is 1. The van der Waals surface area contributed by atoms with E-state index in [1.54, 1.807) is 20.4 Å². The summed E-state index contributed by atoms with van der Waals surface area (Å²) in [4.78, 5) is 22.1. The van der Waals surface area contributed by atoms with Gasteiger partial charge in [0.15, 0.2) is 0 Å². The summed E-state index contributed by atoms with van der Waals surface area (Å²) in [5.41, 5.74) is 10.3. The minimum Gasteiger partial charge on any atom is -0.497 e. The van der Waals surface area contributed by atoms with E-state index in [4.69, 9.17) is 15.2 Å². The zero-order chi connectivity index (χ0) is 24.6. The SMILES string of the molecule is COc1ccc(CNC(=O)c2cnc(Nc3cccc(OC)c3)nc2Cc2cccc(N)c2)cc1. The second-order valence-electron chi connectivity index (χ2n) is 7.86. The van der Waals surface area contributed by atoms with Crippen molar-refractivity contribution in [1.29, 1.82) is 0 Å². The van der Waals surface area contributed by atoms with E-state index >= 15 is 0 Å². The molecule has 0 aliphatic heterocycles. The lowest BCUT2D eigenvalue weighted by molar-refractivity contribution is 0.0949. The van der Waals surface area contributed by atoms with E-state index in [1.165, 1.54) is 0 Å². The molecule has 178 valence electrons. The van der Waals surface area contributed by atoms with Gasteiger partial charge < -0.3 is 25.8 Å². The number of carbonyl (C=O) groups excluding carboxylic acids is 1. The first-order valence-electron chi connectivity index (χ1n) is 11.1. The van der Waals surface area contributed by atoms with Crippen LogP contribution in [0.15, 0.2) is 79.0 Å². The second-order valence-corrected chi connectivity index (χ2v) is 7.86. The van der Waals surface area contributed by atoms with E-state index in [1.807, 2.05) is 72.8 Å². The quantitative estimate of drug-likeness (QED) is 0.313. The molecule has 0 spiro atoms. The van der Waals surface area contributed by atoms with Crippen molar-refractivity contribution >= 4 is 23.2 Å². The summed E-state index contributed by atoms with van der Waals surface area (Å²) < 4.78 is 10.5. The van der Waals surface area contributed by atoms with E-state index in [9.17, 15) is 4.79 Å². The highest BCUT2D eigenvalue weighted by atomic mass is 16.5. The van der Waals surface area contributed by atoms with Crippen molar-refractivity contribution < 1.29 is 14.3 Å². The van der Waals surface area contributed by atoms with E-state index in [0.29, 0.717) is 41.6 Å². The summed E-state index contributed by atoms with van der Waals surface area (Å²) >= 11 is 0. The Morgan fingerprint density at radius 1 is 0.914 bits per heavy atom. The van der Waals surface area contributed by atoms with Crippen molar-refractivity contribution in [1.82, 2.24) is 15.3 Å². The molecule has 0 unspecified atom stereocenters. The molecule has 0 saturated heterocycles. The molecule has 0 aliphatic rings. The Morgan fingerprint density at radius 2 is 1.69 bits per heavy atom. The molecule has 4 N–H and O–H groups in total. The third-order valence-electron chi connectivity index (χ3n) is 5.37. The molecule has 0 aliphatic carbocycles. The number of nitrogens with two attached hydrogens (primary N) is 1. The summed E-state index contributed by atoms with van der Waals surface area (Å²) in [6.07, 6.45) is 1.96. The molecular formula is C27H27N5O3. The Hall–Kier alpha value is -4.59. The first-order chi connectivity index (χ1) is 17.0. The van der Waals surface area contributed by atoms with Crippen molar-refractivity contribution in [2.75, 3.05) is 25.3 Å². The Bertz CT molecular complexity index is 1310. The number of ether oxygens (including phenoxy) is 2. The number of benzene rings is 3. The van der Waals surface area contributed by atoms with Crippen LogP contribution in [0.1, 0.15) is 27.2 Å². The van der Waals surface area contributed by atoms with Crippen LogP contribution in [0.3, 0.4) is 0 Å². The minimum atomic E-state index is -0.257. The van der Waals surface area contributed by atoms with Gasteiger partial charge in [-0.25, -0.2) is 9.97 Å². The number of nitrogens with one attached hydrogen (secondary N) is 2. The van der Waals surface area contributed by atoms with Crippen molar-refractivity contribution in [2.45, 2.75) is 13.0 Å². The number of hydrogen-bond donors (Lipinski definition) is 3. The van der Waals surface area contributed by atoms with Crippen molar-refractivity contribution in [3.63, 3.8) is 0 Å². The molecule has 8 heteroatoms. The molecule has 8 nitrogen and oxygen atoms in total. The number of hydrogen-bond acceptors (Lipinski definition) is 7. The molecule has 4 aromatic rings. The predicted molar refractivity (Wildman–Crippen MR) is 136 cm³/mol. The molecule has 35 heavy (non-hydrogen) atoms. The summed E-state index contributed by atoms with van der Waals surface area (Å²) in [5, 5.41) is 6.13. The molecule has 3 aromatic carbocycles. The number of nitrogens with zero attached hydrogens (tertiary/aromatic N) is 2. The molecule has 0 radical (unpaired) electrons. The third kappa shape index (κ3) is 6.26. The monoisotopic (exact) mass is 469 g/mol. The maximum Gasteiger partial charge on any atom is 0.254 e. The zero-order valence-corrected chi connectivity index (χ0v) is 19.6. The summed E-state index contributed by atoms with van der Waals surface area (Å²) in [5.74, 6) is 1.60. The smallest absolute Gasteiger partial charge is 0.254 e.